The van der Waals surface area contributed by atoms with E-state index in [9.17, 15) is 4.79 Å². The molecule has 2 aromatic carbocycles. The summed E-state index contributed by atoms with van der Waals surface area (Å²) in [4.78, 5) is 12.0. The van der Waals surface area contributed by atoms with Crippen molar-refractivity contribution in [1.82, 2.24) is 0 Å². The van der Waals surface area contributed by atoms with Crippen molar-refractivity contribution >= 4 is 5.97 Å². The van der Waals surface area contributed by atoms with Gasteiger partial charge in [0.1, 0.15) is 6.61 Å². The molecule has 24 heavy (non-hydrogen) atoms. The van der Waals surface area contributed by atoms with Crippen molar-refractivity contribution in [3.8, 4) is 11.5 Å². The van der Waals surface area contributed by atoms with Crippen molar-refractivity contribution < 1.29 is 19.0 Å². The number of rotatable bonds is 7. The van der Waals surface area contributed by atoms with Crippen LogP contribution >= 0.6 is 0 Å². The molecule has 0 heterocycles. The van der Waals surface area contributed by atoms with Crippen LogP contribution in [0.1, 0.15) is 35.3 Å². The van der Waals surface area contributed by atoms with Crippen molar-refractivity contribution in [3.63, 3.8) is 0 Å². The molecule has 0 radical (unpaired) electrons. The number of esters is 1. The molecular formula is C20H24O4. The van der Waals surface area contributed by atoms with Gasteiger partial charge in [-0.15, -0.1) is 0 Å². The van der Waals surface area contributed by atoms with E-state index in [0.717, 1.165) is 5.56 Å². The fraction of sp³-hybridized carbons (Fsp3) is 0.350. The Kier molecular flexibility index (Phi) is 6.24. The van der Waals surface area contributed by atoms with Crippen LogP contribution in [-0.2, 0) is 11.3 Å². The highest BCUT2D eigenvalue weighted by Gasteiger charge is 2.13. The normalized spacial score (nSPS) is 10.5. The van der Waals surface area contributed by atoms with E-state index in [4.69, 9.17) is 14.2 Å². The Labute approximate surface area is 143 Å². The highest BCUT2D eigenvalue weighted by Crippen LogP contribution is 2.29. The maximum atomic E-state index is 12.0. The molecule has 0 N–H and O–H groups in total. The summed E-state index contributed by atoms with van der Waals surface area (Å²) in [5.74, 6) is 1.06. The molecule has 0 aliphatic carbocycles. The molecule has 0 unspecified atom stereocenters. The minimum Gasteiger partial charge on any atom is -0.493 e. The molecule has 2 aromatic rings. The number of hydrogen-bond acceptors (Lipinski definition) is 4. The van der Waals surface area contributed by atoms with Gasteiger partial charge in [-0.3, -0.25) is 0 Å². The zero-order valence-electron chi connectivity index (χ0n) is 14.7. The van der Waals surface area contributed by atoms with Crippen molar-refractivity contribution in [3.05, 3.63) is 59.2 Å². The lowest BCUT2D eigenvalue weighted by molar-refractivity contribution is 0.0458. The summed E-state index contributed by atoms with van der Waals surface area (Å²) in [6.45, 7) is 6.87. The van der Waals surface area contributed by atoms with Gasteiger partial charge in [0, 0.05) is 0 Å². The van der Waals surface area contributed by atoms with Gasteiger partial charge in [0.25, 0.3) is 0 Å². The van der Waals surface area contributed by atoms with Crippen LogP contribution in [-0.4, -0.2) is 19.7 Å². The SMILES string of the molecule is COc1cc(C(=O)OCC(C)C)ccc1OCc1ccc(C)cc1. The van der Waals surface area contributed by atoms with Gasteiger partial charge in [0.2, 0.25) is 0 Å². The molecule has 0 saturated heterocycles. The van der Waals surface area contributed by atoms with Crippen molar-refractivity contribution in [2.24, 2.45) is 5.92 Å². The molecule has 0 saturated carbocycles. The standard InChI is InChI=1S/C20H24O4/c1-14(2)12-24-20(21)17-9-10-18(19(11-17)22-4)23-13-16-7-5-15(3)6-8-16/h5-11,14H,12-13H2,1-4H3. The molecule has 0 aromatic heterocycles. The van der Waals surface area contributed by atoms with Gasteiger partial charge in [0.05, 0.1) is 19.3 Å². The quantitative estimate of drug-likeness (QED) is 0.707. The first kappa shape index (κ1) is 17.9. The Morgan fingerprint density at radius 3 is 2.38 bits per heavy atom. The minimum atomic E-state index is -0.355. The first-order valence-corrected chi connectivity index (χ1v) is 8.03. The number of benzene rings is 2. The molecule has 0 spiro atoms. The summed E-state index contributed by atoms with van der Waals surface area (Å²) in [6, 6.07) is 13.2. The summed E-state index contributed by atoms with van der Waals surface area (Å²) in [6.07, 6.45) is 0. The van der Waals surface area contributed by atoms with Gasteiger partial charge < -0.3 is 14.2 Å². The maximum absolute atomic E-state index is 12.0. The Bertz CT molecular complexity index is 675. The Hall–Kier alpha value is -2.49. The average molecular weight is 328 g/mol. The van der Waals surface area contributed by atoms with Crippen LogP contribution in [0.5, 0.6) is 11.5 Å². The second-order valence-electron chi connectivity index (χ2n) is 6.13. The van der Waals surface area contributed by atoms with E-state index in [1.807, 2.05) is 45.0 Å². The first-order chi connectivity index (χ1) is 11.5. The lowest BCUT2D eigenvalue weighted by Gasteiger charge is -2.13. The van der Waals surface area contributed by atoms with Gasteiger partial charge >= 0.3 is 5.97 Å². The summed E-state index contributed by atoms with van der Waals surface area (Å²) in [5.41, 5.74) is 2.74. The van der Waals surface area contributed by atoms with Crippen molar-refractivity contribution in [2.75, 3.05) is 13.7 Å². The van der Waals surface area contributed by atoms with Crippen LogP contribution < -0.4 is 9.47 Å². The smallest absolute Gasteiger partial charge is 0.338 e. The molecule has 0 atom stereocenters. The number of ether oxygens (including phenoxy) is 3. The van der Waals surface area contributed by atoms with Crippen LogP contribution in [0.15, 0.2) is 42.5 Å². The number of carbonyl (C=O) groups is 1. The highest BCUT2D eigenvalue weighted by atomic mass is 16.5. The molecule has 0 fully saturated rings. The van der Waals surface area contributed by atoms with Crippen LogP contribution in [0.2, 0.25) is 0 Å². The van der Waals surface area contributed by atoms with Crippen LogP contribution in [0.4, 0.5) is 0 Å². The largest absolute Gasteiger partial charge is 0.493 e. The summed E-state index contributed by atoms with van der Waals surface area (Å²) in [5, 5.41) is 0. The van der Waals surface area contributed by atoms with Crippen molar-refractivity contribution in [1.29, 1.82) is 0 Å². The van der Waals surface area contributed by atoms with E-state index in [1.165, 1.54) is 5.56 Å². The minimum absolute atomic E-state index is 0.299. The van der Waals surface area contributed by atoms with E-state index >= 15 is 0 Å². The van der Waals surface area contributed by atoms with Crippen LogP contribution in [0, 0.1) is 12.8 Å². The van der Waals surface area contributed by atoms with Crippen molar-refractivity contribution in [2.45, 2.75) is 27.4 Å². The predicted molar refractivity (Wildman–Crippen MR) is 93.6 cm³/mol. The maximum Gasteiger partial charge on any atom is 0.338 e. The molecule has 4 heteroatoms. The van der Waals surface area contributed by atoms with Gasteiger partial charge in [-0.05, 0) is 36.6 Å². The number of carbonyl (C=O) groups excluding carboxylic acids is 1. The van der Waals surface area contributed by atoms with Gasteiger partial charge in [-0.25, -0.2) is 4.79 Å². The number of aryl methyl sites for hydroxylation is 1. The van der Waals surface area contributed by atoms with E-state index < -0.39 is 0 Å². The third-order valence-corrected chi connectivity index (χ3v) is 3.46. The van der Waals surface area contributed by atoms with E-state index in [2.05, 4.69) is 0 Å². The molecule has 0 aliphatic rings. The topological polar surface area (TPSA) is 44.8 Å². The third-order valence-electron chi connectivity index (χ3n) is 3.46. The molecule has 0 amide bonds. The fourth-order valence-corrected chi connectivity index (χ4v) is 2.08. The van der Waals surface area contributed by atoms with Gasteiger partial charge in [-0.2, -0.15) is 0 Å². The Morgan fingerprint density at radius 2 is 1.75 bits per heavy atom. The van der Waals surface area contributed by atoms with E-state index in [0.29, 0.717) is 36.2 Å². The average Bonchev–Trinajstić information content (AvgIpc) is 2.59. The van der Waals surface area contributed by atoms with Gasteiger partial charge in [0.15, 0.2) is 11.5 Å². The fourth-order valence-electron chi connectivity index (χ4n) is 2.08. The van der Waals surface area contributed by atoms with Crippen LogP contribution in [0.3, 0.4) is 0 Å². The van der Waals surface area contributed by atoms with E-state index in [-0.39, 0.29) is 5.97 Å². The predicted octanol–water partition coefficient (Wildman–Crippen LogP) is 4.40. The van der Waals surface area contributed by atoms with E-state index in [1.54, 1.807) is 25.3 Å². The molecule has 2 rings (SSSR count). The lowest BCUT2D eigenvalue weighted by Crippen LogP contribution is -2.10. The highest BCUT2D eigenvalue weighted by molar-refractivity contribution is 5.90. The second-order valence-corrected chi connectivity index (χ2v) is 6.13. The molecular weight excluding hydrogens is 304 g/mol. The molecule has 4 nitrogen and oxygen atoms in total. The summed E-state index contributed by atoms with van der Waals surface area (Å²) in [7, 11) is 1.55. The van der Waals surface area contributed by atoms with Gasteiger partial charge in [-0.1, -0.05) is 43.7 Å². The zero-order chi connectivity index (χ0) is 17.5. The molecule has 128 valence electrons. The first-order valence-electron chi connectivity index (χ1n) is 8.03. The monoisotopic (exact) mass is 328 g/mol. The lowest BCUT2D eigenvalue weighted by atomic mass is 10.1. The van der Waals surface area contributed by atoms with Crippen LogP contribution in [0.25, 0.3) is 0 Å². The summed E-state index contributed by atoms with van der Waals surface area (Å²) >= 11 is 0. The molecule has 0 aliphatic heterocycles. The Balaban J connectivity index is 2.05. The zero-order valence-corrected chi connectivity index (χ0v) is 14.7. The molecule has 0 bridgehead atoms. The number of methoxy groups -OCH3 is 1. The second kappa shape index (κ2) is 8.39. The Morgan fingerprint density at radius 1 is 1.04 bits per heavy atom. The number of hydrogen-bond donors (Lipinski definition) is 0. The third kappa shape index (κ3) is 5.01. The summed E-state index contributed by atoms with van der Waals surface area (Å²) < 4.78 is 16.4.